The Bertz CT molecular complexity index is 1410. The van der Waals surface area contributed by atoms with Crippen molar-refractivity contribution in [1.82, 2.24) is 5.32 Å². The van der Waals surface area contributed by atoms with Crippen molar-refractivity contribution in [1.29, 1.82) is 0 Å². The van der Waals surface area contributed by atoms with Crippen molar-refractivity contribution in [2.45, 2.75) is 341 Å². The van der Waals surface area contributed by atoms with Crippen molar-refractivity contribution >= 4 is 19.7 Å². The van der Waals surface area contributed by atoms with E-state index in [0.717, 1.165) is 57.8 Å². The highest BCUT2D eigenvalue weighted by molar-refractivity contribution is 7.47. The van der Waals surface area contributed by atoms with Gasteiger partial charge in [-0.15, -0.1) is 0 Å². The highest BCUT2D eigenvalue weighted by Crippen LogP contribution is 2.43. The number of phosphoric acid groups is 1. The molecule has 0 saturated carbocycles. The molecule has 2 N–H and O–H groups in total. The van der Waals surface area contributed by atoms with Crippen molar-refractivity contribution < 1.29 is 37.3 Å². The number of hydrogen-bond acceptors (Lipinski definition) is 6. The standard InChI is InChI=1S/C67H129N2O7P/c1-7-10-13-16-19-22-25-27-29-31-32-33-34-35-36-38-40-42-45-48-51-54-57-60-67(71)76-65(58-55-52-49-46-43-24-21-18-15-12-9-3)64(63-75-77(72,73)74-62-61-69(4,5)6)68-66(70)59-56-53-50-47-44-41-39-37-30-28-26-23-20-17-14-11-8-2/h27-30,55,58,64-65H,7-26,31-54,56-57,59-63H2,1-6H3,(H-,68,70,72,73)/p+1/b29-27+,30-28+,58-55-. The number of amides is 1. The molecule has 0 aromatic heterocycles. The molecule has 0 radical (unpaired) electrons. The van der Waals surface area contributed by atoms with Crippen LogP contribution in [0.3, 0.4) is 0 Å². The van der Waals surface area contributed by atoms with Crippen LogP contribution in [0.1, 0.15) is 329 Å². The lowest BCUT2D eigenvalue weighted by Crippen LogP contribution is -2.47. The van der Waals surface area contributed by atoms with Crippen molar-refractivity contribution in [3.05, 3.63) is 36.5 Å². The summed E-state index contributed by atoms with van der Waals surface area (Å²) in [6.45, 7) is 7.04. The molecule has 0 aromatic carbocycles. The third kappa shape index (κ3) is 58.7. The van der Waals surface area contributed by atoms with Gasteiger partial charge in [0.05, 0.1) is 33.8 Å². The Morgan fingerprint density at radius 1 is 0.442 bits per heavy atom. The highest BCUT2D eigenvalue weighted by Gasteiger charge is 2.30. The number of phosphoric ester groups is 1. The monoisotopic (exact) mass is 1110 g/mol. The Morgan fingerprint density at radius 3 is 1.10 bits per heavy atom. The Morgan fingerprint density at radius 2 is 0.753 bits per heavy atom. The van der Waals surface area contributed by atoms with Gasteiger partial charge in [-0.25, -0.2) is 4.57 Å². The first-order valence-electron chi connectivity index (χ1n) is 33.3. The summed E-state index contributed by atoms with van der Waals surface area (Å²) < 4.78 is 30.7. The van der Waals surface area contributed by atoms with Crippen LogP contribution in [-0.4, -0.2) is 74.3 Å². The van der Waals surface area contributed by atoms with Crippen LogP contribution in [0.2, 0.25) is 0 Å². The predicted molar refractivity (Wildman–Crippen MR) is 332 cm³/mol. The molecule has 0 aliphatic carbocycles. The molecule has 0 rings (SSSR count). The molecule has 1 amide bonds. The summed E-state index contributed by atoms with van der Waals surface area (Å²) in [7, 11) is 1.51. The lowest BCUT2D eigenvalue weighted by molar-refractivity contribution is -0.870. The minimum atomic E-state index is -4.45. The second-order valence-electron chi connectivity index (χ2n) is 24.0. The van der Waals surface area contributed by atoms with E-state index in [9.17, 15) is 19.0 Å². The molecule has 0 heterocycles. The largest absolute Gasteiger partial charge is 0.472 e. The maximum Gasteiger partial charge on any atom is 0.472 e. The molecule has 0 aliphatic heterocycles. The van der Waals surface area contributed by atoms with Crippen LogP contribution in [0.25, 0.3) is 0 Å². The van der Waals surface area contributed by atoms with Crippen molar-refractivity contribution in [3.63, 3.8) is 0 Å². The number of unbranched alkanes of at least 4 members (excludes halogenated alkanes) is 41. The van der Waals surface area contributed by atoms with Gasteiger partial charge in [-0.3, -0.25) is 18.6 Å². The van der Waals surface area contributed by atoms with E-state index in [1.807, 2.05) is 33.3 Å². The maximum atomic E-state index is 13.6. The van der Waals surface area contributed by atoms with Gasteiger partial charge in [0.15, 0.2) is 0 Å². The van der Waals surface area contributed by atoms with Gasteiger partial charge in [-0.1, -0.05) is 269 Å². The van der Waals surface area contributed by atoms with E-state index in [-0.39, 0.29) is 25.1 Å². The molecular formula is C67H130N2O7P+. The van der Waals surface area contributed by atoms with E-state index in [2.05, 4.69) is 50.4 Å². The lowest BCUT2D eigenvalue weighted by atomic mass is 10.0. The van der Waals surface area contributed by atoms with E-state index >= 15 is 0 Å². The van der Waals surface area contributed by atoms with Gasteiger partial charge in [-0.2, -0.15) is 0 Å². The lowest BCUT2D eigenvalue weighted by Gasteiger charge is -2.27. The molecule has 0 bridgehead atoms. The normalized spacial score (nSPS) is 13.8. The number of quaternary nitrogens is 1. The molecule has 0 saturated heterocycles. The van der Waals surface area contributed by atoms with E-state index in [1.54, 1.807) is 0 Å². The second-order valence-corrected chi connectivity index (χ2v) is 25.4. The minimum Gasteiger partial charge on any atom is -0.456 e. The van der Waals surface area contributed by atoms with Gasteiger partial charge in [0, 0.05) is 12.8 Å². The molecule has 10 heteroatoms. The maximum absolute atomic E-state index is 13.6. The van der Waals surface area contributed by atoms with Gasteiger partial charge >= 0.3 is 13.8 Å². The molecular weight excluding hydrogens is 976 g/mol. The van der Waals surface area contributed by atoms with E-state index in [4.69, 9.17) is 13.8 Å². The van der Waals surface area contributed by atoms with Gasteiger partial charge in [0.25, 0.3) is 0 Å². The second kappa shape index (κ2) is 57.5. The van der Waals surface area contributed by atoms with E-state index < -0.39 is 20.0 Å². The Labute approximate surface area is 478 Å². The number of rotatable bonds is 61. The van der Waals surface area contributed by atoms with E-state index in [0.29, 0.717) is 23.9 Å². The number of hydrogen-bond donors (Lipinski definition) is 2. The number of nitrogens with one attached hydrogen (secondary N) is 1. The smallest absolute Gasteiger partial charge is 0.456 e. The van der Waals surface area contributed by atoms with Gasteiger partial charge < -0.3 is 19.4 Å². The molecule has 454 valence electrons. The van der Waals surface area contributed by atoms with Crippen LogP contribution < -0.4 is 5.32 Å². The molecule has 3 unspecified atom stereocenters. The number of likely N-dealkylation sites (N-methyl/N-ethyl adjacent to an activating group) is 1. The molecule has 9 nitrogen and oxygen atoms in total. The first kappa shape index (κ1) is 75.2. The number of carbonyl (C=O) groups is 2. The quantitative estimate of drug-likeness (QED) is 0.0205. The third-order valence-electron chi connectivity index (χ3n) is 15.1. The topological polar surface area (TPSA) is 111 Å². The summed E-state index contributed by atoms with van der Waals surface area (Å²) in [5.41, 5.74) is 0. The minimum absolute atomic E-state index is 0.0414. The molecule has 0 spiro atoms. The number of nitrogens with zero attached hydrogens (tertiary/aromatic N) is 1. The number of allylic oxidation sites excluding steroid dienone is 5. The first-order chi connectivity index (χ1) is 37.4. The SMILES string of the molecule is CCCCCCCC/C=C/CCCCCCCCCCCCCCCC(=O)OC(/C=C\CCCCCCCCCCC)C(COP(=O)(O)OCC[N+](C)(C)C)NC(=O)CCCCCCCCC/C=C/CCCCCCCC. The average molecular weight is 1110 g/mol. The van der Waals surface area contributed by atoms with Crippen LogP contribution in [0.5, 0.6) is 0 Å². The molecule has 0 aromatic rings. The first-order valence-corrected chi connectivity index (χ1v) is 34.8. The Hall–Kier alpha value is -1.77. The Balaban J connectivity index is 5.08. The number of esters is 1. The van der Waals surface area contributed by atoms with Gasteiger partial charge in [0.1, 0.15) is 19.3 Å². The van der Waals surface area contributed by atoms with Crippen molar-refractivity contribution in [2.75, 3.05) is 40.9 Å². The van der Waals surface area contributed by atoms with Gasteiger partial charge in [-0.05, 0) is 83.1 Å². The summed E-state index contributed by atoms with van der Waals surface area (Å²) in [5.74, 6) is -0.497. The van der Waals surface area contributed by atoms with Crippen LogP contribution in [0.4, 0.5) is 0 Å². The molecule has 0 fully saturated rings. The van der Waals surface area contributed by atoms with Crippen LogP contribution in [-0.2, 0) is 27.9 Å². The highest BCUT2D eigenvalue weighted by atomic mass is 31.2. The summed E-state index contributed by atoms with van der Waals surface area (Å²) >= 11 is 0. The third-order valence-corrected chi connectivity index (χ3v) is 16.0. The Kier molecular flexibility index (Phi) is 56.1. The fraction of sp³-hybridized carbons (Fsp3) is 0.881. The summed E-state index contributed by atoms with van der Waals surface area (Å²) in [6, 6.07) is -0.847. The van der Waals surface area contributed by atoms with Crippen LogP contribution >= 0.6 is 7.82 Å². The summed E-state index contributed by atoms with van der Waals surface area (Å²) in [4.78, 5) is 37.8. The fourth-order valence-corrected chi connectivity index (χ4v) is 10.6. The average Bonchev–Trinajstić information content (AvgIpc) is 3.39. The van der Waals surface area contributed by atoms with Gasteiger partial charge in [0.2, 0.25) is 5.91 Å². The zero-order valence-electron chi connectivity index (χ0n) is 52.0. The molecule has 77 heavy (non-hydrogen) atoms. The summed E-state index contributed by atoms with van der Waals surface area (Å²) in [5, 5.41) is 3.06. The molecule has 0 aliphatic rings. The van der Waals surface area contributed by atoms with E-state index in [1.165, 1.54) is 238 Å². The number of carbonyl (C=O) groups excluding carboxylic acids is 2. The van der Waals surface area contributed by atoms with Crippen molar-refractivity contribution in [2.24, 2.45) is 0 Å². The number of ether oxygens (including phenoxy) is 1. The van der Waals surface area contributed by atoms with Crippen LogP contribution in [0, 0.1) is 0 Å². The predicted octanol–water partition coefficient (Wildman–Crippen LogP) is 20.7. The van der Waals surface area contributed by atoms with Crippen LogP contribution in [0.15, 0.2) is 36.5 Å². The zero-order valence-corrected chi connectivity index (χ0v) is 52.9. The zero-order chi connectivity index (χ0) is 56.4. The fourth-order valence-electron chi connectivity index (χ4n) is 9.87. The summed E-state index contributed by atoms with van der Waals surface area (Å²) in [6.07, 6.45) is 70.1. The van der Waals surface area contributed by atoms with Crippen molar-refractivity contribution in [3.8, 4) is 0 Å². The molecule has 3 atom stereocenters.